The molecule has 2 aromatic heterocycles. The van der Waals surface area contributed by atoms with Gasteiger partial charge >= 0.3 is 0 Å². The molecule has 1 amide bonds. The molecule has 0 saturated heterocycles. The fourth-order valence-corrected chi connectivity index (χ4v) is 3.50. The van der Waals surface area contributed by atoms with Gasteiger partial charge in [0.2, 0.25) is 5.91 Å². The zero-order chi connectivity index (χ0) is 17.3. The zero-order valence-corrected chi connectivity index (χ0v) is 14.5. The van der Waals surface area contributed by atoms with Crippen molar-refractivity contribution < 1.29 is 4.79 Å². The summed E-state index contributed by atoms with van der Waals surface area (Å²) < 4.78 is 1.72. The van der Waals surface area contributed by atoms with Gasteiger partial charge in [-0.1, -0.05) is 11.6 Å². The molecule has 124 valence electrons. The molecule has 0 spiro atoms. The molecule has 2 aromatic rings. The topological polar surface area (TPSA) is 87.8 Å². The van der Waals surface area contributed by atoms with Gasteiger partial charge in [-0.05, 0) is 43.9 Å². The lowest BCUT2D eigenvalue weighted by atomic mass is 9.98. The molecule has 0 aliphatic heterocycles. The molecule has 1 fully saturated rings. The molecule has 0 aromatic carbocycles. The molecule has 1 unspecified atom stereocenters. The number of rotatable bonds is 5. The molecule has 3 rings (SSSR count). The van der Waals surface area contributed by atoms with Gasteiger partial charge in [0.25, 0.3) is 5.56 Å². The second kappa shape index (κ2) is 6.38. The van der Waals surface area contributed by atoms with Crippen LogP contribution in [-0.2, 0) is 11.3 Å². The molecular weight excluding hydrogens is 348 g/mol. The van der Waals surface area contributed by atoms with Crippen LogP contribution >= 0.6 is 22.9 Å². The number of nitriles is 1. The van der Waals surface area contributed by atoms with Crippen molar-refractivity contribution in [2.75, 3.05) is 0 Å². The van der Waals surface area contributed by atoms with Crippen LogP contribution in [-0.4, -0.2) is 21.2 Å². The first-order valence-electron chi connectivity index (χ1n) is 7.47. The molecule has 0 radical (unpaired) electrons. The first-order valence-corrected chi connectivity index (χ1v) is 8.67. The van der Waals surface area contributed by atoms with E-state index in [1.54, 1.807) is 19.1 Å². The third kappa shape index (κ3) is 3.50. The SMILES string of the molecule is CC(C#N)(NC(=O)Cn1nc(-c2ccc(Cl)s2)ccc1=O)C1CC1. The highest BCUT2D eigenvalue weighted by Crippen LogP contribution is 2.39. The Bertz CT molecular complexity index is 881. The van der Waals surface area contributed by atoms with E-state index >= 15 is 0 Å². The lowest BCUT2D eigenvalue weighted by Crippen LogP contribution is -2.48. The zero-order valence-electron chi connectivity index (χ0n) is 13.0. The highest BCUT2D eigenvalue weighted by Gasteiger charge is 2.43. The number of halogens is 1. The molecular formula is C16H15ClN4O2S. The summed E-state index contributed by atoms with van der Waals surface area (Å²) in [4.78, 5) is 25.0. The minimum Gasteiger partial charge on any atom is -0.336 e. The van der Waals surface area contributed by atoms with Gasteiger partial charge in [0.15, 0.2) is 0 Å². The van der Waals surface area contributed by atoms with Gasteiger partial charge in [-0.25, -0.2) is 4.68 Å². The Kier molecular flexibility index (Phi) is 4.43. The van der Waals surface area contributed by atoms with E-state index < -0.39 is 11.4 Å². The van der Waals surface area contributed by atoms with Gasteiger partial charge in [-0.15, -0.1) is 11.3 Å². The van der Waals surface area contributed by atoms with Crippen LogP contribution in [0.15, 0.2) is 29.1 Å². The lowest BCUT2D eigenvalue weighted by Gasteiger charge is -2.22. The van der Waals surface area contributed by atoms with E-state index in [0.717, 1.165) is 22.4 Å². The normalized spacial score (nSPS) is 16.2. The highest BCUT2D eigenvalue weighted by atomic mass is 35.5. The Morgan fingerprint density at radius 2 is 2.25 bits per heavy atom. The van der Waals surface area contributed by atoms with Crippen LogP contribution in [0.4, 0.5) is 0 Å². The maximum atomic E-state index is 12.2. The molecule has 1 saturated carbocycles. The number of carbonyl (C=O) groups is 1. The van der Waals surface area contributed by atoms with E-state index in [1.165, 1.54) is 17.4 Å². The smallest absolute Gasteiger partial charge is 0.267 e. The average molecular weight is 363 g/mol. The van der Waals surface area contributed by atoms with Gasteiger partial charge in [0.05, 0.1) is 15.3 Å². The van der Waals surface area contributed by atoms with Gasteiger partial charge < -0.3 is 5.32 Å². The molecule has 24 heavy (non-hydrogen) atoms. The summed E-state index contributed by atoms with van der Waals surface area (Å²) in [6.45, 7) is 1.48. The summed E-state index contributed by atoms with van der Waals surface area (Å²) in [6.07, 6.45) is 1.86. The number of nitrogens with one attached hydrogen (secondary N) is 1. The van der Waals surface area contributed by atoms with Crippen LogP contribution in [0.5, 0.6) is 0 Å². The van der Waals surface area contributed by atoms with Crippen molar-refractivity contribution in [2.24, 2.45) is 5.92 Å². The molecule has 8 heteroatoms. The molecule has 1 N–H and O–H groups in total. The summed E-state index contributed by atoms with van der Waals surface area (Å²) >= 11 is 7.26. The summed E-state index contributed by atoms with van der Waals surface area (Å²) in [5, 5.41) is 16.3. The standard InChI is InChI=1S/C16H15ClN4O2S/c1-16(9-18,10-2-3-10)19-14(22)8-21-15(23)7-4-11(20-21)12-5-6-13(17)24-12/h4-7,10H,2-3,8H2,1H3,(H,19,22). The Morgan fingerprint density at radius 1 is 1.50 bits per heavy atom. The summed E-state index contributed by atoms with van der Waals surface area (Å²) in [5.74, 6) is -0.224. The Balaban J connectivity index is 1.78. The number of thiophene rings is 1. The summed E-state index contributed by atoms with van der Waals surface area (Å²) in [5.41, 5.74) is -0.689. The number of nitrogens with zero attached hydrogens (tertiary/aromatic N) is 3. The van der Waals surface area contributed by atoms with Gasteiger partial charge in [0, 0.05) is 6.07 Å². The van der Waals surface area contributed by atoms with Crippen molar-refractivity contribution in [3.63, 3.8) is 0 Å². The van der Waals surface area contributed by atoms with Crippen molar-refractivity contribution in [3.05, 3.63) is 39.0 Å². The number of hydrogen-bond donors (Lipinski definition) is 1. The third-order valence-corrected chi connectivity index (χ3v) is 5.26. The van der Waals surface area contributed by atoms with Crippen molar-refractivity contribution >= 4 is 28.8 Å². The summed E-state index contributed by atoms with van der Waals surface area (Å²) in [6, 6.07) is 8.69. The van der Waals surface area contributed by atoms with Crippen LogP contribution < -0.4 is 10.9 Å². The van der Waals surface area contributed by atoms with Crippen LogP contribution in [0, 0.1) is 17.2 Å². The number of hydrogen-bond acceptors (Lipinski definition) is 5. The van der Waals surface area contributed by atoms with Crippen molar-refractivity contribution in [1.29, 1.82) is 5.26 Å². The average Bonchev–Trinajstić information content (AvgIpc) is 3.32. The largest absolute Gasteiger partial charge is 0.336 e. The van der Waals surface area contributed by atoms with E-state index in [0.29, 0.717) is 10.0 Å². The minimum absolute atomic E-state index is 0.177. The first-order chi connectivity index (χ1) is 11.4. The van der Waals surface area contributed by atoms with E-state index in [-0.39, 0.29) is 18.0 Å². The van der Waals surface area contributed by atoms with E-state index in [2.05, 4.69) is 16.5 Å². The lowest BCUT2D eigenvalue weighted by molar-refractivity contribution is -0.123. The van der Waals surface area contributed by atoms with Crippen molar-refractivity contribution in [1.82, 2.24) is 15.1 Å². The highest BCUT2D eigenvalue weighted by molar-refractivity contribution is 7.19. The maximum Gasteiger partial charge on any atom is 0.267 e. The molecule has 1 aliphatic rings. The van der Waals surface area contributed by atoms with Crippen molar-refractivity contribution in [2.45, 2.75) is 31.8 Å². The third-order valence-electron chi connectivity index (χ3n) is 4.01. The molecule has 2 heterocycles. The predicted octanol–water partition coefficient (Wildman–Crippen LogP) is 2.43. The first kappa shape index (κ1) is 16.7. The fourth-order valence-electron chi connectivity index (χ4n) is 2.49. The summed E-state index contributed by atoms with van der Waals surface area (Å²) in [7, 11) is 0. The van der Waals surface area contributed by atoms with Crippen molar-refractivity contribution in [3.8, 4) is 16.6 Å². The Labute approximate surface area is 147 Å². The Morgan fingerprint density at radius 3 is 2.83 bits per heavy atom. The minimum atomic E-state index is -0.889. The van der Waals surface area contributed by atoms with Gasteiger partial charge in [-0.2, -0.15) is 10.4 Å². The molecule has 1 aliphatic carbocycles. The fraction of sp³-hybridized carbons (Fsp3) is 0.375. The molecule has 6 nitrogen and oxygen atoms in total. The second-order valence-electron chi connectivity index (χ2n) is 5.95. The maximum absolute atomic E-state index is 12.2. The van der Waals surface area contributed by atoms with Gasteiger partial charge in [-0.3, -0.25) is 9.59 Å². The van der Waals surface area contributed by atoms with Crippen LogP contribution in [0.25, 0.3) is 10.6 Å². The number of aromatic nitrogens is 2. The predicted molar refractivity (Wildman–Crippen MR) is 91.7 cm³/mol. The van der Waals surface area contributed by atoms with E-state index in [1.807, 2.05) is 6.07 Å². The Hall–Kier alpha value is -2.17. The van der Waals surface area contributed by atoms with Crippen LogP contribution in [0.1, 0.15) is 19.8 Å². The second-order valence-corrected chi connectivity index (χ2v) is 7.67. The van der Waals surface area contributed by atoms with Crippen LogP contribution in [0.3, 0.4) is 0 Å². The molecule has 1 atom stereocenters. The quantitative estimate of drug-likeness (QED) is 0.884. The van der Waals surface area contributed by atoms with Gasteiger partial charge in [0.1, 0.15) is 17.8 Å². The molecule has 0 bridgehead atoms. The number of amides is 1. The number of carbonyl (C=O) groups excluding carboxylic acids is 1. The van der Waals surface area contributed by atoms with E-state index in [4.69, 9.17) is 11.6 Å². The van der Waals surface area contributed by atoms with Crippen LogP contribution in [0.2, 0.25) is 4.34 Å². The van der Waals surface area contributed by atoms with E-state index in [9.17, 15) is 14.9 Å². The monoisotopic (exact) mass is 362 g/mol.